The van der Waals surface area contributed by atoms with Crippen molar-refractivity contribution >= 4 is 17.5 Å². The molecule has 1 heterocycles. The zero-order valence-electron chi connectivity index (χ0n) is 10.2. The average molecular weight is 259 g/mol. The van der Waals surface area contributed by atoms with Gasteiger partial charge in [-0.2, -0.15) is 0 Å². The van der Waals surface area contributed by atoms with Crippen LogP contribution < -0.4 is 10.6 Å². The van der Waals surface area contributed by atoms with Gasteiger partial charge in [0.1, 0.15) is 0 Å². The normalized spacial score (nSPS) is 10.5. The van der Waals surface area contributed by atoms with Crippen molar-refractivity contribution in [2.75, 3.05) is 30.8 Å². The Morgan fingerprint density at radius 2 is 2.28 bits per heavy atom. The fourth-order valence-electron chi connectivity index (χ4n) is 1.45. The van der Waals surface area contributed by atoms with Crippen LogP contribution >= 0.6 is 0 Å². The maximum atomic E-state index is 12.3. The number of carbonyl (C=O) groups is 1. The highest BCUT2D eigenvalue weighted by Gasteiger charge is 2.18. The van der Waals surface area contributed by atoms with Crippen molar-refractivity contribution in [2.45, 2.75) is 13.3 Å². The van der Waals surface area contributed by atoms with E-state index in [1.165, 1.54) is 24.2 Å². The summed E-state index contributed by atoms with van der Waals surface area (Å²) in [4.78, 5) is 16.7. The van der Waals surface area contributed by atoms with E-state index in [0.29, 0.717) is 0 Å². The third kappa shape index (κ3) is 3.28. The van der Waals surface area contributed by atoms with Gasteiger partial charge in [-0.05, 0) is 13.0 Å². The molecule has 0 amide bonds. The lowest BCUT2D eigenvalue weighted by molar-refractivity contribution is 0.0527. The van der Waals surface area contributed by atoms with Gasteiger partial charge in [0, 0.05) is 13.2 Å². The summed E-state index contributed by atoms with van der Waals surface area (Å²) in [6.45, 7) is 1.37. The summed E-state index contributed by atoms with van der Waals surface area (Å²) in [7, 11) is 1.43. The molecule has 0 saturated heterocycles. The SMILES string of the molecule is CCOC(=O)c1ccnc(N(C)CC(F)F)c1N. The molecule has 0 bridgehead atoms. The fourth-order valence-corrected chi connectivity index (χ4v) is 1.45. The molecule has 0 aliphatic heterocycles. The van der Waals surface area contributed by atoms with Crippen molar-refractivity contribution in [2.24, 2.45) is 0 Å². The number of nitrogens with two attached hydrogens (primary N) is 1. The Kier molecular flexibility index (Phi) is 4.82. The summed E-state index contributed by atoms with van der Waals surface area (Å²) in [5.74, 6) is -0.454. The number of halogens is 2. The van der Waals surface area contributed by atoms with Crippen molar-refractivity contribution in [1.29, 1.82) is 0 Å². The second-order valence-corrected chi connectivity index (χ2v) is 3.59. The van der Waals surface area contributed by atoms with E-state index in [1.54, 1.807) is 6.92 Å². The highest BCUT2D eigenvalue weighted by Crippen LogP contribution is 2.24. The van der Waals surface area contributed by atoms with Crippen LogP contribution in [0.2, 0.25) is 0 Å². The first-order valence-electron chi connectivity index (χ1n) is 5.38. The molecule has 0 atom stereocenters. The van der Waals surface area contributed by atoms with Crippen LogP contribution in [-0.4, -0.2) is 37.6 Å². The standard InChI is InChI=1S/C11H15F2N3O2/c1-3-18-11(17)7-4-5-15-10(9(7)14)16(2)6-8(12)13/h4-5,8H,3,6,14H2,1-2H3. The second kappa shape index (κ2) is 6.13. The molecule has 0 unspecified atom stereocenters. The van der Waals surface area contributed by atoms with E-state index in [-0.39, 0.29) is 23.7 Å². The number of nitrogens with zero attached hydrogens (tertiary/aromatic N) is 2. The lowest BCUT2D eigenvalue weighted by atomic mass is 10.2. The number of aromatic nitrogens is 1. The second-order valence-electron chi connectivity index (χ2n) is 3.59. The maximum Gasteiger partial charge on any atom is 0.340 e. The Morgan fingerprint density at radius 3 is 2.83 bits per heavy atom. The average Bonchev–Trinajstić information content (AvgIpc) is 2.28. The quantitative estimate of drug-likeness (QED) is 0.812. The highest BCUT2D eigenvalue weighted by atomic mass is 19.3. The number of hydrogen-bond acceptors (Lipinski definition) is 5. The van der Waals surface area contributed by atoms with Crippen LogP contribution in [0, 0.1) is 0 Å². The lowest BCUT2D eigenvalue weighted by Crippen LogP contribution is -2.26. The van der Waals surface area contributed by atoms with Crippen LogP contribution in [0.25, 0.3) is 0 Å². The number of pyridine rings is 1. The first-order valence-corrected chi connectivity index (χ1v) is 5.38. The molecule has 0 saturated carbocycles. The summed E-state index contributed by atoms with van der Waals surface area (Å²) < 4.78 is 29.4. The third-order valence-electron chi connectivity index (χ3n) is 2.24. The number of nitrogen functional groups attached to an aromatic ring is 1. The minimum atomic E-state index is -2.51. The van der Waals surface area contributed by atoms with Crippen molar-refractivity contribution < 1.29 is 18.3 Å². The summed E-state index contributed by atoms with van der Waals surface area (Å²) in [5, 5.41) is 0. The van der Waals surface area contributed by atoms with Crippen LogP contribution in [0.1, 0.15) is 17.3 Å². The molecule has 0 spiro atoms. The number of esters is 1. The van der Waals surface area contributed by atoms with E-state index in [1.807, 2.05) is 0 Å². The monoisotopic (exact) mass is 259 g/mol. The highest BCUT2D eigenvalue weighted by molar-refractivity contribution is 5.97. The lowest BCUT2D eigenvalue weighted by Gasteiger charge is -2.20. The van der Waals surface area contributed by atoms with Gasteiger partial charge in [-0.15, -0.1) is 0 Å². The first-order chi connectivity index (χ1) is 8.47. The first kappa shape index (κ1) is 14.1. The van der Waals surface area contributed by atoms with Crippen LogP contribution in [0.15, 0.2) is 12.3 Å². The molecular formula is C11H15F2N3O2. The van der Waals surface area contributed by atoms with Gasteiger partial charge in [-0.25, -0.2) is 18.6 Å². The van der Waals surface area contributed by atoms with Crippen LogP contribution in [0.3, 0.4) is 0 Å². The third-order valence-corrected chi connectivity index (χ3v) is 2.24. The molecule has 0 aromatic carbocycles. The number of carbonyl (C=O) groups excluding carboxylic acids is 1. The van der Waals surface area contributed by atoms with E-state index in [4.69, 9.17) is 10.5 Å². The van der Waals surface area contributed by atoms with Gasteiger partial charge in [-0.1, -0.05) is 0 Å². The Morgan fingerprint density at radius 1 is 1.61 bits per heavy atom. The predicted molar refractivity (Wildman–Crippen MR) is 63.9 cm³/mol. The topological polar surface area (TPSA) is 68.5 Å². The summed E-state index contributed by atoms with van der Waals surface area (Å²) in [5.41, 5.74) is 5.91. The van der Waals surface area contributed by atoms with Crippen LogP contribution in [0.5, 0.6) is 0 Å². The molecular weight excluding hydrogens is 244 g/mol. The van der Waals surface area contributed by atoms with Gasteiger partial charge in [0.15, 0.2) is 5.82 Å². The molecule has 1 rings (SSSR count). The number of alkyl halides is 2. The molecule has 5 nitrogen and oxygen atoms in total. The van der Waals surface area contributed by atoms with Gasteiger partial charge >= 0.3 is 5.97 Å². The Labute approximate surface area is 104 Å². The Balaban J connectivity index is 3.01. The summed E-state index contributed by atoms with van der Waals surface area (Å²) >= 11 is 0. The molecule has 0 aliphatic carbocycles. The Hall–Kier alpha value is -1.92. The Bertz CT molecular complexity index is 427. The van der Waals surface area contributed by atoms with Crippen molar-refractivity contribution in [3.05, 3.63) is 17.8 Å². The molecule has 2 N–H and O–H groups in total. The van der Waals surface area contributed by atoms with Gasteiger partial charge in [-0.3, -0.25) is 0 Å². The van der Waals surface area contributed by atoms with Gasteiger partial charge in [0.05, 0.1) is 24.4 Å². The molecule has 0 fully saturated rings. The van der Waals surface area contributed by atoms with Gasteiger partial charge in [0.25, 0.3) is 6.43 Å². The van der Waals surface area contributed by atoms with Crippen LogP contribution in [-0.2, 0) is 4.74 Å². The van der Waals surface area contributed by atoms with Crippen LogP contribution in [0.4, 0.5) is 20.3 Å². The van der Waals surface area contributed by atoms with Crippen molar-refractivity contribution in [3.63, 3.8) is 0 Å². The molecule has 1 aromatic rings. The molecule has 0 aliphatic rings. The molecule has 1 aromatic heterocycles. The van der Waals surface area contributed by atoms with Gasteiger partial charge in [0.2, 0.25) is 0 Å². The number of anilines is 2. The zero-order valence-corrected chi connectivity index (χ0v) is 10.2. The van der Waals surface area contributed by atoms with Crippen molar-refractivity contribution in [3.8, 4) is 0 Å². The number of hydrogen-bond donors (Lipinski definition) is 1. The summed E-state index contributed by atoms with van der Waals surface area (Å²) in [6.07, 6.45) is -1.18. The van der Waals surface area contributed by atoms with Gasteiger partial charge < -0.3 is 15.4 Å². The van der Waals surface area contributed by atoms with E-state index in [2.05, 4.69) is 4.98 Å². The zero-order chi connectivity index (χ0) is 13.7. The predicted octanol–water partition coefficient (Wildman–Crippen LogP) is 1.54. The van der Waals surface area contributed by atoms with E-state index >= 15 is 0 Å². The van der Waals surface area contributed by atoms with E-state index < -0.39 is 18.9 Å². The fraction of sp³-hybridized carbons (Fsp3) is 0.455. The van der Waals surface area contributed by atoms with Crippen molar-refractivity contribution in [1.82, 2.24) is 4.98 Å². The largest absolute Gasteiger partial charge is 0.462 e. The maximum absolute atomic E-state index is 12.3. The molecule has 18 heavy (non-hydrogen) atoms. The molecule has 100 valence electrons. The van der Waals surface area contributed by atoms with E-state index in [9.17, 15) is 13.6 Å². The molecule has 0 radical (unpaired) electrons. The number of ether oxygens (including phenoxy) is 1. The minimum absolute atomic E-state index is 0.0408. The molecule has 7 heteroatoms. The summed E-state index contributed by atoms with van der Waals surface area (Å²) in [6, 6.07) is 1.40. The van der Waals surface area contributed by atoms with E-state index in [0.717, 1.165) is 0 Å². The smallest absolute Gasteiger partial charge is 0.340 e. The minimum Gasteiger partial charge on any atom is -0.462 e. The number of rotatable bonds is 5.